The van der Waals surface area contributed by atoms with Crippen molar-refractivity contribution in [1.29, 1.82) is 0 Å². The molecule has 0 saturated heterocycles. The Hall–Kier alpha value is -2.59. The zero-order chi connectivity index (χ0) is 15.1. The number of nitrogens with two attached hydrogens (primary N) is 1. The zero-order valence-corrected chi connectivity index (χ0v) is 11.9. The molecule has 0 aliphatic rings. The number of carbonyl (C=O) groups excluding carboxylic acids is 1. The Morgan fingerprint density at radius 3 is 2.43 bits per heavy atom. The summed E-state index contributed by atoms with van der Waals surface area (Å²) in [4.78, 5) is 11.8. The number of hydrogen-bond acceptors (Lipinski definition) is 3. The maximum Gasteiger partial charge on any atom is 0.271 e. The van der Waals surface area contributed by atoms with E-state index in [9.17, 15) is 4.79 Å². The fourth-order valence-corrected chi connectivity index (χ4v) is 1.77. The number of rotatable bonds is 4. The first-order chi connectivity index (χ1) is 10.1. The van der Waals surface area contributed by atoms with Crippen LogP contribution in [0.25, 0.3) is 6.08 Å². The van der Waals surface area contributed by atoms with Crippen molar-refractivity contribution in [2.24, 2.45) is 5.10 Å². The molecule has 21 heavy (non-hydrogen) atoms. The van der Waals surface area contributed by atoms with Gasteiger partial charge >= 0.3 is 0 Å². The lowest BCUT2D eigenvalue weighted by Gasteiger charge is -2.00. The van der Waals surface area contributed by atoms with E-state index in [1.54, 1.807) is 30.3 Å². The third kappa shape index (κ3) is 4.78. The summed E-state index contributed by atoms with van der Waals surface area (Å²) in [7, 11) is 0. The molecule has 2 rings (SSSR count). The molecule has 0 bridgehead atoms. The van der Waals surface area contributed by atoms with Gasteiger partial charge in [0.25, 0.3) is 5.91 Å². The van der Waals surface area contributed by atoms with E-state index in [1.807, 2.05) is 30.3 Å². The van der Waals surface area contributed by atoms with E-state index in [0.29, 0.717) is 16.3 Å². The van der Waals surface area contributed by atoms with Crippen LogP contribution in [-0.4, -0.2) is 12.1 Å². The molecule has 0 radical (unpaired) electrons. The summed E-state index contributed by atoms with van der Waals surface area (Å²) >= 11 is 6.01. The molecular weight excluding hydrogens is 286 g/mol. The first kappa shape index (κ1) is 14.8. The van der Waals surface area contributed by atoms with Crippen molar-refractivity contribution in [2.75, 3.05) is 5.73 Å². The number of nitrogens with zero attached hydrogens (tertiary/aromatic N) is 1. The van der Waals surface area contributed by atoms with Gasteiger partial charge in [0, 0.05) is 11.3 Å². The van der Waals surface area contributed by atoms with Crippen LogP contribution in [0, 0.1) is 0 Å². The monoisotopic (exact) mass is 299 g/mol. The number of benzene rings is 2. The summed E-state index contributed by atoms with van der Waals surface area (Å²) in [6, 6.07) is 16.1. The molecule has 0 fully saturated rings. The Morgan fingerprint density at radius 2 is 1.76 bits per heavy atom. The van der Waals surface area contributed by atoms with Crippen LogP contribution in [-0.2, 0) is 0 Å². The average molecular weight is 300 g/mol. The number of nitrogens with one attached hydrogen (secondary N) is 1. The van der Waals surface area contributed by atoms with Crippen molar-refractivity contribution in [1.82, 2.24) is 5.43 Å². The average Bonchev–Trinajstić information content (AvgIpc) is 2.49. The molecule has 106 valence electrons. The summed E-state index contributed by atoms with van der Waals surface area (Å²) in [6.45, 7) is 0. The van der Waals surface area contributed by atoms with Crippen LogP contribution in [0.3, 0.4) is 0 Å². The van der Waals surface area contributed by atoms with Crippen molar-refractivity contribution < 1.29 is 4.79 Å². The van der Waals surface area contributed by atoms with E-state index >= 15 is 0 Å². The fourth-order valence-electron chi connectivity index (χ4n) is 1.60. The molecule has 0 heterocycles. The Bertz CT molecular complexity index is 664. The van der Waals surface area contributed by atoms with Gasteiger partial charge in [-0.25, -0.2) is 5.43 Å². The highest BCUT2D eigenvalue weighted by atomic mass is 35.5. The smallest absolute Gasteiger partial charge is 0.271 e. The van der Waals surface area contributed by atoms with Crippen molar-refractivity contribution in [3.8, 4) is 0 Å². The van der Waals surface area contributed by atoms with Gasteiger partial charge in [0.2, 0.25) is 0 Å². The lowest BCUT2D eigenvalue weighted by Crippen LogP contribution is -2.17. The molecular formula is C16H14ClN3O. The molecule has 0 atom stereocenters. The van der Waals surface area contributed by atoms with Gasteiger partial charge in [-0.3, -0.25) is 4.79 Å². The maximum atomic E-state index is 11.8. The number of hydrazone groups is 1. The van der Waals surface area contributed by atoms with Gasteiger partial charge in [0.1, 0.15) is 0 Å². The number of hydrogen-bond donors (Lipinski definition) is 2. The molecule has 1 amide bonds. The highest BCUT2D eigenvalue weighted by Gasteiger charge is 2.02. The first-order valence-corrected chi connectivity index (χ1v) is 6.64. The maximum absolute atomic E-state index is 11.8. The Labute approximate surface area is 127 Å². The quantitative estimate of drug-likeness (QED) is 0.517. The number of amides is 1. The normalized spacial score (nSPS) is 11.6. The molecule has 2 aromatic rings. The van der Waals surface area contributed by atoms with Crippen molar-refractivity contribution in [2.45, 2.75) is 0 Å². The molecule has 0 aliphatic heterocycles. The van der Waals surface area contributed by atoms with Gasteiger partial charge in [0.15, 0.2) is 0 Å². The van der Waals surface area contributed by atoms with Crippen LogP contribution in [0.2, 0.25) is 0 Å². The number of nitrogen functional groups attached to an aromatic ring is 1. The standard InChI is InChI=1S/C16H14ClN3O/c17-14(10-12-4-2-1-3-5-12)11-19-20-16(21)13-6-8-15(18)9-7-13/h1-11H,18H2,(H,20,21)/b14-10-,19-11+. The minimum atomic E-state index is -0.324. The minimum Gasteiger partial charge on any atom is -0.399 e. The number of anilines is 1. The molecule has 0 unspecified atom stereocenters. The third-order valence-electron chi connectivity index (χ3n) is 2.63. The van der Waals surface area contributed by atoms with E-state index in [0.717, 1.165) is 5.56 Å². The van der Waals surface area contributed by atoms with Crippen molar-refractivity contribution >= 4 is 35.5 Å². The van der Waals surface area contributed by atoms with Crippen LogP contribution in [0.1, 0.15) is 15.9 Å². The summed E-state index contributed by atoms with van der Waals surface area (Å²) < 4.78 is 0. The van der Waals surface area contributed by atoms with Crippen LogP contribution in [0.4, 0.5) is 5.69 Å². The highest BCUT2D eigenvalue weighted by Crippen LogP contribution is 2.08. The lowest BCUT2D eigenvalue weighted by molar-refractivity contribution is 0.0955. The van der Waals surface area contributed by atoms with Gasteiger partial charge in [-0.2, -0.15) is 5.10 Å². The van der Waals surface area contributed by atoms with E-state index < -0.39 is 0 Å². The number of halogens is 1. The predicted molar refractivity (Wildman–Crippen MR) is 87.1 cm³/mol. The molecule has 2 aromatic carbocycles. The zero-order valence-electron chi connectivity index (χ0n) is 11.2. The Morgan fingerprint density at radius 1 is 1.10 bits per heavy atom. The molecule has 0 aliphatic carbocycles. The van der Waals surface area contributed by atoms with E-state index in [-0.39, 0.29) is 5.91 Å². The highest BCUT2D eigenvalue weighted by molar-refractivity contribution is 6.41. The van der Waals surface area contributed by atoms with Crippen LogP contribution in [0.5, 0.6) is 0 Å². The second-order valence-electron chi connectivity index (χ2n) is 4.26. The molecule has 0 aromatic heterocycles. The Kier molecular flexibility index (Phi) is 5.12. The van der Waals surface area contributed by atoms with Gasteiger partial charge in [-0.05, 0) is 35.9 Å². The molecule has 0 spiro atoms. The van der Waals surface area contributed by atoms with Crippen LogP contribution < -0.4 is 11.2 Å². The third-order valence-corrected chi connectivity index (χ3v) is 2.84. The molecule has 4 nitrogen and oxygen atoms in total. The summed E-state index contributed by atoms with van der Waals surface area (Å²) in [5.41, 5.74) is 9.99. The molecule has 0 saturated carbocycles. The molecule has 3 N–H and O–H groups in total. The summed E-state index contributed by atoms with van der Waals surface area (Å²) in [5, 5.41) is 4.23. The van der Waals surface area contributed by atoms with Crippen molar-refractivity contribution in [3.63, 3.8) is 0 Å². The van der Waals surface area contributed by atoms with Crippen LogP contribution in [0.15, 0.2) is 64.7 Å². The van der Waals surface area contributed by atoms with Gasteiger partial charge in [0.05, 0.1) is 11.2 Å². The SMILES string of the molecule is Nc1ccc(C(=O)N/N=C/C(Cl)=C/c2ccccc2)cc1. The van der Waals surface area contributed by atoms with E-state index in [4.69, 9.17) is 17.3 Å². The number of allylic oxidation sites excluding steroid dienone is 1. The summed E-state index contributed by atoms with van der Waals surface area (Å²) in [6.07, 6.45) is 3.13. The Balaban J connectivity index is 1.94. The predicted octanol–water partition coefficient (Wildman–Crippen LogP) is 3.26. The largest absolute Gasteiger partial charge is 0.399 e. The van der Waals surface area contributed by atoms with E-state index in [2.05, 4.69) is 10.5 Å². The molecule has 5 heteroatoms. The number of carbonyl (C=O) groups is 1. The van der Waals surface area contributed by atoms with Gasteiger partial charge in [-0.1, -0.05) is 41.9 Å². The van der Waals surface area contributed by atoms with Crippen molar-refractivity contribution in [3.05, 3.63) is 70.8 Å². The second kappa shape index (κ2) is 7.26. The minimum absolute atomic E-state index is 0.324. The van der Waals surface area contributed by atoms with Crippen LogP contribution >= 0.6 is 11.6 Å². The topological polar surface area (TPSA) is 67.5 Å². The fraction of sp³-hybridized carbons (Fsp3) is 0. The van der Waals surface area contributed by atoms with Gasteiger partial charge < -0.3 is 5.73 Å². The first-order valence-electron chi connectivity index (χ1n) is 6.26. The lowest BCUT2D eigenvalue weighted by atomic mass is 10.2. The second-order valence-corrected chi connectivity index (χ2v) is 4.70. The van der Waals surface area contributed by atoms with Gasteiger partial charge in [-0.15, -0.1) is 0 Å². The summed E-state index contributed by atoms with van der Waals surface area (Å²) in [5.74, 6) is -0.324. The van der Waals surface area contributed by atoms with E-state index in [1.165, 1.54) is 6.21 Å².